The maximum atomic E-state index is 14.0. The van der Waals surface area contributed by atoms with Gasteiger partial charge in [0.1, 0.15) is 5.82 Å². The molecule has 0 radical (unpaired) electrons. The molecule has 3 nitrogen and oxygen atoms in total. The zero-order valence-corrected chi connectivity index (χ0v) is 13.0. The second-order valence-corrected chi connectivity index (χ2v) is 6.56. The smallest absolute Gasteiger partial charge is 0.265 e. The van der Waals surface area contributed by atoms with Crippen LogP contribution in [0.2, 0.25) is 0 Å². The normalized spacial score (nSPS) is 24.0. The summed E-state index contributed by atoms with van der Waals surface area (Å²) in [6, 6.07) is 4.48. The first kappa shape index (κ1) is 16.3. The third-order valence-corrected chi connectivity index (χ3v) is 4.63. The van der Waals surface area contributed by atoms with E-state index in [4.69, 9.17) is 0 Å². The Bertz CT molecular complexity index is 585. The number of piperidine rings is 1. The van der Waals surface area contributed by atoms with Crippen LogP contribution in [-0.4, -0.2) is 42.9 Å². The summed E-state index contributed by atoms with van der Waals surface area (Å²) in [5, 5.41) is 3.27. The van der Waals surface area contributed by atoms with E-state index < -0.39 is 24.2 Å². The summed E-state index contributed by atoms with van der Waals surface area (Å²) in [4.78, 5) is 13.5. The zero-order chi connectivity index (χ0) is 16.4. The highest BCUT2D eigenvalue weighted by Crippen LogP contribution is 2.28. The van der Waals surface area contributed by atoms with Crippen LogP contribution in [0.25, 0.3) is 0 Å². The van der Waals surface area contributed by atoms with E-state index in [1.165, 1.54) is 12.1 Å². The number of nitrogens with zero attached hydrogens (tertiary/aromatic N) is 1. The second-order valence-electron chi connectivity index (χ2n) is 6.56. The van der Waals surface area contributed by atoms with Crippen LogP contribution in [0.15, 0.2) is 18.2 Å². The quantitative estimate of drug-likeness (QED) is 0.926. The van der Waals surface area contributed by atoms with E-state index in [1.54, 1.807) is 6.07 Å². The molecule has 2 heterocycles. The number of alkyl halides is 2. The van der Waals surface area contributed by atoms with Crippen LogP contribution in [0.3, 0.4) is 0 Å². The molecule has 0 saturated carbocycles. The molecule has 1 unspecified atom stereocenters. The number of carbonyl (C=O) groups excluding carboxylic acids is 1. The maximum Gasteiger partial charge on any atom is 0.265 e. The molecule has 23 heavy (non-hydrogen) atoms. The second kappa shape index (κ2) is 6.51. The van der Waals surface area contributed by atoms with Crippen molar-refractivity contribution in [1.82, 2.24) is 10.2 Å². The lowest BCUT2D eigenvalue weighted by atomic mass is 9.96. The van der Waals surface area contributed by atoms with Gasteiger partial charge in [-0.25, -0.2) is 13.2 Å². The number of halogens is 3. The number of benzene rings is 1. The predicted octanol–water partition coefficient (Wildman–Crippen LogP) is 2.85. The molecule has 2 aliphatic heterocycles. The lowest BCUT2D eigenvalue weighted by molar-refractivity contribution is -0.0561. The van der Waals surface area contributed by atoms with Crippen LogP contribution in [0.5, 0.6) is 0 Å². The Hall–Kier alpha value is -1.56. The highest BCUT2D eigenvalue weighted by molar-refractivity contribution is 5.94. The molecular weight excluding hydrogens is 305 g/mol. The molecule has 1 aromatic rings. The Morgan fingerprint density at radius 2 is 2.22 bits per heavy atom. The molecule has 2 fully saturated rings. The molecule has 3 rings (SSSR count). The van der Waals surface area contributed by atoms with Crippen LogP contribution in [0.4, 0.5) is 13.2 Å². The largest absolute Gasteiger partial charge is 0.333 e. The van der Waals surface area contributed by atoms with Gasteiger partial charge in [0, 0.05) is 13.0 Å². The molecule has 0 aromatic heterocycles. The molecule has 2 saturated heterocycles. The van der Waals surface area contributed by atoms with Crippen molar-refractivity contribution < 1.29 is 18.0 Å². The highest BCUT2D eigenvalue weighted by Gasteiger charge is 2.37. The summed E-state index contributed by atoms with van der Waals surface area (Å²) in [7, 11) is 0. The van der Waals surface area contributed by atoms with Gasteiger partial charge < -0.3 is 10.2 Å². The fraction of sp³-hybridized carbons (Fsp3) is 0.588. The summed E-state index contributed by atoms with van der Waals surface area (Å²) < 4.78 is 41.0. The van der Waals surface area contributed by atoms with Gasteiger partial charge in [0.2, 0.25) is 0 Å². The minimum absolute atomic E-state index is 0.0915. The van der Waals surface area contributed by atoms with Gasteiger partial charge in [-0.1, -0.05) is 6.07 Å². The fourth-order valence-electron chi connectivity index (χ4n) is 3.39. The molecular formula is C17H21F3N2O. The summed E-state index contributed by atoms with van der Waals surface area (Å²) in [6.07, 6.45) is 1.85. The third-order valence-electron chi connectivity index (χ3n) is 4.63. The molecule has 6 heteroatoms. The summed E-state index contributed by atoms with van der Waals surface area (Å²) in [6.45, 7) is 1.52. The SMILES string of the molecule is O=C(c1cc(CC2CCNC2)ccc1F)N1CCCC(F)(F)C1. The lowest BCUT2D eigenvalue weighted by Gasteiger charge is -2.32. The van der Waals surface area contributed by atoms with Crippen LogP contribution < -0.4 is 5.32 Å². The number of hydrogen-bond donors (Lipinski definition) is 1. The number of likely N-dealkylation sites (tertiary alicyclic amines) is 1. The maximum absolute atomic E-state index is 14.0. The van der Waals surface area contributed by atoms with Crippen molar-refractivity contribution in [1.29, 1.82) is 0 Å². The third kappa shape index (κ3) is 3.86. The van der Waals surface area contributed by atoms with Gasteiger partial charge in [-0.3, -0.25) is 4.79 Å². The highest BCUT2D eigenvalue weighted by atomic mass is 19.3. The molecule has 0 aliphatic carbocycles. The number of rotatable bonds is 3. The van der Waals surface area contributed by atoms with Gasteiger partial charge in [0.25, 0.3) is 11.8 Å². The predicted molar refractivity (Wildman–Crippen MR) is 81.2 cm³/mol. The van der Waals surface area contributed by atoms with E-state index in [0.29, 0.717) is 5.92 Å². The number of hydrogen-bond acceptors (Lipinski definition) is 2. The molecule has 1 amide bonds. The zero-order valence-electron chi connectivity index (χ0n) is 13.0. The standard InChI is InChI=1S/C17H21F3N2O/c18-15-3-2-12(8-13-4-6-21-10-13)9-14(15)16(23)22-7-1-5-17(19,20)11-22/h2-3,9,13,21H,1,4-8,10-11H2. The van der Waals surface area contributed by atoms with Gasteiger partial charge in [-0.2, -0.15) is 0 Å². The Morgan fingerprint density at radius 3 is 2.91 bits per heavy atom. The first-order valence-electron chi connectivity index (χ1n) is 8.11. The average molecular weight is 326 g/mol. The topological polar surface area (TPSA) is 32.3 Å². The van der Waals surface area contributed by atoms with Crippen molar-refractivity contribution in [2.75, 3.05) is 26.2 Å². The number of carbonyl (C=O) groups is 1. The van der Waals surface area contributed by atoms with Crippen molar-refractivity contribution >= 4 is 5.91 Å². The summed E-state index contributed by atoms with van der Waals surface area (Å²) >= 11 is 0. The number of nitrogens with one attached hydrogen (secondary N) is 1. The molecule has 2 aliphatic rings. The van der Waals surface area contributed by atoms with Crippen LogP contribution >= 0.6 is 0 Å². The Balaban J connectivity index is 1.76. The van der Waals surface area contributed by atoms with Gasteiger partial charge >= 0.3 is 0 Å². The van der Waals surface area contributed by atoms with Gasteiger partial charge in [0.15, 0.2) is 0 Å². The molecule has 126 valence electrons. The van der Waals surface area contributed by atoms with E-state index in [9.17, 15) is 18.0 Å². The average Bonchev–Trinajstić information content (AvgIpc) is 3.00. The van der Waals surface area contributed by atoms with Gasteiger partial charge in [-0.15, -0.1) is 0 Å². The first-order chi connectivity index (χ1) is 10.9. The fourth-order valence-corrected chi connectivity index (χ4v) is 3.39. The van der Waals surface area contributed by atoms with Crippen molar-refractivity contribution in [3.05, 3.63) is 35.1 Å². The molecule has 0 bridgehead atoms. The van der Waals surface area contributed by atoms with E-state index in [-0.39, 0.29) is 24.9 Å². The van der Waals surface area contributed by atoms with Crippen molar-refractivity contribution in [3.8, 4) is 0 Å². The Kier molecular flexibility index (Phi) is 4.62. The van der Waals surface area contributed by atoms with Crippen molar-refractivity contribution in [2.45, 2.75) is 31.6 Å². The molecule has 1 atom stereocenters. The van der Waals surface area contributed by atoms with E-state index in [1.807, 2.05) is 0 Å². The van der Waals surface area contributed by atoms with Crippen LogP contribution in [-0.2, 0) is 6.42 Å². The monoisotopic (exact) mass is 326 g/mol. The van der Waals surface area contributed by atoms with Gasteiger partial charge in [-0.05, 0) is 56.0 Å². The minimum atomic E-state index is -2.88. The van der Waals surface area contributed by atoms with Crippen molar-refractivity contribution in [3.63, 3.8) is 0 Å². The lowest BCUT2D eigenvalue weighted by Crippen LogP contribution is -2.45. The molecule has 1 aromatic carbocycles. The van der Waals surface area contributed by atoms with Gasteiger partial charge in [0.05, 0.1) is 12.1 Å². The first-order valence-corrected chi connectivity index (χ1v) is 8.11. The minimum Gasteiger partial charge on any atom is -0.333 e. The summed E-state index contributed by atoms with van der Waals surface area (Å²) in [5.41, 5.74) is 0.790. The van der Waals surface area contributed by atoms with Crippen molar-refractivity contribution in [2.24, 2.45) is 5.92 Å². The Morgan fingerprint density at radius 1 is 1.39 bits per heavy atom. The molecule has 0 spiro atoms. The molecule has 1 N–H and O–H groups in total. The number of amides is 1. The van der Waals surface area contributed by atoms with E-state index in [2.05, 4.69) is 5.32 Å². The summed E-state index contributed by atoms with van der Waals surface area (Å²) in [5.74, 6) is -3.68. The van der Waals surface area contributed by atoms with E-state index in [0.717, 1.165) is 36.4 Å². The van der Waals surface area contributed by atoms with Crippen LogP contribution in [0, 0.1) is 11.7 Å². The van der Waals surface area contributed by atoms with Crippen LogP contribution in [0.1, 0.15) is 35.2 Å². The Labute approximate surface area is 133 Å². The van der Waals surface area contributed by atoms with E-state index >= 15 is 0 Å².